The minimum atomic E-state index is -0.777. The molecule has 2 aromatic rings. The summed E-state index contributed by atoms with van der Waals surface area (Å²) < 4.78 is 7.14. The molecule has 1 aliphatic heterocycles. The van der Waals surface area contributed by atoms with Crippen molar-refractivity contribution in [3.8, 4) is 0 Å². The van der Waals surface area contributed by atoms with Crippen LogP contribution in [0.5, 0.6) is 0 Å². The summed E-state index contributed by atoms with van der Waals surface area (Å²) in [6.45, 7) is -0.106. The SMILES string of the molecule is CN1C(=O)CO[C@H](C(=O)Nc2cnn(C)c2)[C@H]1c1ccccc1. The molecule has 1 fully saturated rings. The Kier molecular flexibility index (Phi) is 4.12. The number of ether oxygens (including phenoxy) is 1. The number of carbonyl (C=O) groups is 2. The maximum atomic E-state index is 12.6. The number of nitrogens with zero attached hydrogens (tertiary/aromatic N) is 3. The van der Waals surface area contributed by atoms with Gasteiger partial charge in [-0.2, -0.15) is 5.10 Å². The Labute approximate surface area is 133 Å². The number of anilines is 1. The normalized spacial score (nSPS) is 21.3. The first-order chi connectivity index (χ1) is 11.1. The number of nitrogens with one attached hydrogen (secondary N) is 1. The maximum Gasteiger partial charge on any atom is 0.256 e. The molecule has 1 aromatic carbocycles. The third-order valence-corrected chi connectivity index (χ3v) is 3.86. The second-order valence-electron chi connectivity index (χ2n) is 5.48. The number of hydrogen-bond donors (Lipinski definition) is 1. The van der Waals surface area contributed by atoms with Gasteiger partial charge in [-0.15, -0.1) is 0 Å². The number of rotatable bonds is 3. The zero-order valence-corrected chi connectivity index (χ0v) is 13.0. The van der Waals surface area contributed by atoms with E-state index in [0.29, 0.717) is 5.69 Å². The lowest BCUT2D eigenvalue weighted by atomic mass is 9.97. The fourth-order valence-corrected chi connectivity index (χ4v) is 2.68. The molecule has 0 unspecified atom stereocenters. The van der Waals surface area contributed by atoms with E-state index in [-0.39, 0.29) is 18.4 Å². The number of amides is 2. The van der Waals surface area contributed by atoms with E-state index in [1.165, 1.54) is 0 Å². The number of likely N-dealkylation sites (N-methyl/N-ethyl adjacent to an activating group) is 1. The molecule has 7 heteroatoms. The molecule has 2 atom stereocenters. The van der Waals surface area contributed by atoms with E-state index in [4.69, 9.17) is 4.74 Å². The number of aromatic nitrogens is 2. The number of morpholine rings is 1. The standard InChI is InChI=1S/C16H18N4O3/c1-19-9-12(8-17-19)18-16(22)15-14(11-6-4-3-5-7-11)20(2)13(21)10-23-15/h3-9,14-15H,10H2,1-2H3,(H,18,22)/t14-,15+/m1/s1. The predicted molar refractivity (Wildman–Crippen MR) is 83.5 cm³/mol. The summed E-state index contributed by atoms with van der Waals surface area (Å²) in [6.07, 6.45) is 2.49. The first-order valence-corrected chi connectivity index (χ1v) is 7.28. The summed E-state index contributed by atoms with van der Waals surface area (Å²) in [5, 5.41) is 6.80. The van der Waals surface area contributed by atoms with Crippen molar-refractivity contribution in [2.75, 3.05) is 19.0 Å². The molecule has 1 aromatic heterocycles. The minimum Gasteiger partial charge on any atom is -0.356 e. The lowest BCUT2D eigenvalue weighted by Gasteiger charge is -2.38. The Bertz CT molecular complexity index is 713. The fraction of sp³-hybridized carbons (Fsp3) is 0.312. The van der Waals surface area contributed by atoms with Crippen LogP contribution in [-0.2, 0) is 21.4 Å². The lowest BCUT2D eigenvalue weighted by molar-refractivity contribution is -0.160. The van der Waals surface area contributed by atoms with Gasteiger partial charge in [0.25, 0.3) is 5.91 Å². The summed E-state index contributed by atoms with van der Waals surface area (Å²) in [6, 6.07) is 8.94. The molecule has 120 valence electrons. The van der Waals surface area contributed by atoms with Crippen molar-refractivity contribution in [3.05, 3.63) is 48.3 Å². The lowest BCUT2D eigenvalue weighted by Crippen LogP contribution is -2.51. The summed E-state index contributed by atoms with van der Waals surface area (Å²) in [4.78, 5) is 26.1. The van der Waals surface area contributed by atoms with Crippen LogP contribution >= 0.6 is 0 Å². The fourth-order valence-electron chi connectivity index (χ4n) is 2.68. The van der Waals surface area contributed by atoms with E-state index in [0.717, 1.165) is 5.56 Å². The van der Waals surface area contributed by atoms with Gasteiger partial charge in [0.15, 0.2) is 6.10 Å². The molecular weight excluding hydrogens is 296 g/mol. The van der Waals surface area contributed by atoms with Gasteiger partial charge in [0.05, 0.1) is 17.9 Å². The molecule has 3 rings (SSSR count). The van der Waals surface area contributed by atoms with Crippen molar-refractivity contribution in [1.29, 1.82) is 0 Å². The average Bonchev–Trinajstić information content (AvgIpc) is 2.95. The van der Waals surface area contributed by atoms with Gasteiger partial charge in [0.1, 0.15) is 6.61 Å². The molecule has 0 radical (unpaired) electrons. The van der Waals surface area contributed by atoms with Crippen molar-refractivity contribution in [2.45, 2.75) is 12.1 Å². The maximum absolute atomic E-state index is 12.6. The van der Waals surface area contributed by atoms with E-state index in [1.54, 1.807) is 36.1 Å². The highest BCUT2D eigenvalue weighted by Crippen LogP contribution is 2.29. The second kappa shape index (κ2) is 6.21. The molecule has 0 aliphatic carbocycles. The first-order valence-electron chi connectivity index (χ1n) is 7.28. The van der Waals surface area contributed by atoms with Gasteiger partial charge in [-0.1, -0.05) is 30.3 Å². The molecule has 23 heavy (non-hydrogen) atoms. The highest BCUT2D eigenvalue weighted by Gasteiger charge is 2.40. The summed E-state index contributed by atoms with van der Waals surface area (Å²) >= 11 is 0. The molecule has 1 N–H and O–H groups in total. The highest BCUT2D eigenvalue weighted by atomic mass is 16.5. The topological polar surface area (TPSA) is 76.5 Å². The molecule has 0 saturated carbocycles. The van der Waals surface area contributed by atoms with Crippen LogP contribution in [0.2, 0.25) is 0 Å². The van der Waals surface area contributed by atoms with Crippen LogP contribution in [0, 0.1) is 0 Å². The largest absolute Gasteiger partial charge is 0.356 e. The van der Waals surface area contributed by atoms with Crippen LogP contribution in [0.15, 0.2) is 42.7 Å². The number of benzene rings is 1. The Balaban J connectivity index is 1.85. The quantitative estimate of drug-likeness (QED) is 0.915. The molecule has 7 nitrogen and oxygen atoms in total. The van der Waals surface area contributed by atoms with Gasteiger partial charge in [-0.05, 0) is 5.56 Å². The molecule has 0 bridgehead atoms. The Hall–Kier alpha value is -2.67. The van der Waals surface area contributed by atoms with Crippen molar-refractivity contribution in [2.24, 2.45) is 7.05 Å². The minimum absolute atomic E-state index is 0.106. The van der Waals surface area contributed by atoms with E-state index >= 15 is 0 Å². The summed E-state index contributed by atoms with van der Waals surface area (Å²) in [5.41, 5.74) is 1.45. The third-order valence-electron chi connectivity index (χ3n) is 3.86. The average molecular weight is 314 g/mol. The van der Waals surface area contributed by atoms with Crippen LogP contribution in [-0.4, -0.2) is 46.3 Å². The monoisotopic (exact) mass is 314 g/mol. The number of carbonyl (C=O) groups excluding carboxylic acids is 2. The van der Waals surface area contributed by atoms with Crippen molar-refractivity contribution in [3.63, 3.8) is 0 Å². The van der Waals surface area contributed by atoms with Gasteiger partial charge in [0, 0.05) is 20.3 Å². The number of aryl methyl sites for hydroxylation is 1. The second-order valence-corrected chi connectivity index (χ2v) is 5.48. The van der Waals surface area contributed by atoms with Crippen LogP contribution in [0.25, 0.3) is 0 Å². The van der Waals surface area contributed by atoms with E-state index in [1.807, 2.05) is 30.3 Å². The summed E-state index contributed by atoms with van der Waals surface area (Å²) in [5.74, 6) is -0.449. The zero-order valence-electron chi connectivity index (χ0n) is 13.0. The van der Waals surface area contributed by atoms with Crippen LogP contribution in [0.3, 0.4) is 0 Å². The summed E-state index contributed by atoms with van der Waals surface area (Å²) in [7, 11) is 3.46. The molecular formula is C16H18N4O3. The molecule has 1 aliphatic rings. The Morgan fingerprint density at radius 1 is 1.30 bits per heavy atom. The van der Waals surface area contributed by atoms with Crippen LogP contribution in [0.1, 0.15) is 11.6 Å². The molecule has 0 spiro atoms. The smallest absolute Gasteiger partial charge is 0.256 e. The van der Waals surface area contributed by atoms with Gasteiger partial charge >= 0.3 is 0 Å². The molecule has 2 heterocycles. The van der Waals surface area contributed by atoms with Crippen molar-refractivity contribution in [1.82, 2.24) is 14.7 Å². The Morgan fingerprint density at radius 2 is 2.04 bits per heavy atom. The molecule has 2 amide bonds. The van der Waals surface area contributed by atoms with Crippen molar-refractivity contribution >= 4 is 17.5 Å². The third kappa shape index (κ3) is 3.09. The van der Waals surface area contributed by atoms with Gasteiger partial charge < -0.3 is 15.0 Å². The van der Waals surface area contributed by atoms with E-state index in [9.17, 15) is 9.59 Å². The van der Waals surface area contributed by atoms with E-state index in [2.05, 4.69) is 10.4 Å². The number of hydrogen-bond acceptors (Lipinski definition) is 4. The molecule has 1 saturated heterocycles. The van der Waals surface area contributed by atoms with Crippen LogP contribution < -0.4 is 5.32 Å². The van der Waals surface area contributed by atoms with Crippen molar-refractivity contribution < 1.29 is 14.3 Å². The van der Waals surface area contributed by atoms with Gasteiger partial charge in [-0.25, -0.2) is 0 Å². The van der Waals surface area contributed by atoms with Gasteiger partial charge in [0.2, 0.25) is 5.91 Å². The van der Waals surface area contributed by atoms with Crippen LogP contribution in [0.4, 0.5) is 5.69 Å². The highest BCUT2D eigenvalue weighted by molar-refractivity contribution is 5.96. The first kappa shape index (κ1) is 15.2. The predicted octanol–water partition coefficient (Wildman–Crippen LogP) is 0.957. The van der Waals surface area contributed by atoms with E-state index < -0.39 is 12.1 Å². The Morgan fingerprint density at radius 3 is 2.70 bits per heavy atom. The zero-order chi connectivity index (χ0) is 16.4. The van der Waals surface area contributed by atoms with Gasteiger partial charge in [-0.3, -0.25) is 14.3 Å².